The van der Waals surface area contributed by atoms with Crippen molar-refractivity contribution in [3.63, 3.8) is 0 Å². The maximum atomic E-state index is 10.3. The molecule has 2 fully saturated rings. The minimum atomic E-state index is -0.130. The maximum absolute atomic E-state index is 10.3. The summed E-state index contributed by atoms with van der Waals surface area (Å²) in [4.78, 5) is 2.50. The standard InChI is InChI=1S/C14H27NO2/c1-10-6-11(2)14(13(16)7-10)15-5-4-12(8-15)9-17-3/h10-14,16H,4-9H2,1-3H3. The first-order chi connectivity index (χ1) is 8.11. The normalized spacial score (nSPS) is 44.1. The number of nitrogens with zero attached hydrogens (tertiary/aromatic N) is 1. The van der Waals surface area contributed by atoms with Gasteiger partial charge in [0.05, 0.1) is 12.7 Å². The largest absolute Gasteiger partial charge is 0.391 e. The molecule has 5 atom stereocenters. The molecule has 1 heterocycles. The van der Waals surface area contributed by atoms with E-state index in [9.17, 15) is 5.11 Å². The van der Waals surface area contributed by atoms with Crippen LogP contribution in [0.25, 0.3) is 0 Å². The zero-order chi connectivity index (χ0) is 12.4. The van der Waals surface area contributed by atoms with Crippen molar-refractivity contribution in [3.05, 3.63) is 0 Å². The van der Waals surface area contributed by atoms with Gasteiger partial charge in [-0.1, -0.05) is 13.8 Å². The van der Waals surface area contributed by atoms with Crippen molar-refractivity contribution >= 4 is 0 Å². The number of hydrogen-bond donors (Lipinski definition) is 1. The summed E-state index contributed by atoms with van der Waals surface area (Å²) in [6, 6.07) is 0.382. The summed E-state index contributed by atoms with van der Waals surface area (Å²) in [5.41, 5.74) is 0. The van der Waals surface area contributed by atoms with E-state index < -0.39 is 0 Å². The molecule has 0 spiro atoms. The molecule has 0 bridgehead atoms. The summed E-state index contributed by atoms with van der Waals surface area (Å²) < 4.78 is 5.24. The third-order valence-electron chi connectivity index (χ3n) is 4.54. The van der Waals surface area contributed by atoms with Crippen molar-refractivity contribution in [2.45, 2.75) is 45.3 Å². The summed E-state index contributed by atoms with van der Waals surface area (Å²) in [6.07, 6.45) is 3.32. The van der Waals surface area contributed by atoms with Gasteiger partial charge < -0.3 is 9.84 Å². The van der Waals surface area contributed by atoms with Crippen LogP contribution >= 0.6 is 0 Å². The quantitative estimate of drug-likeness (QED) is 0.817. The fourth-order valence-corrected chi connectivity index (χ4v) is 3.91. The lowest BCUT2D eigenvalue weighted by molar-refractivity contribution is -0.0176. The number of hydrogen-bond acceptors (Lipinski definition) is 3. The Labute approximate surface area is 105 Å². The second-order valence-corrected chi connectivity index (χ2v) is 6.22. The summed E-state index contributed by atoms with van der Waals surface area (Å²) in [5, 5.41) is 10.3. The molecule has 2 rings (SSSR count). The highest BCUT2D eigenvalue weighted by Gasteiger charge is 2.39. The van der Waals surface area contributed by atoms with Crippen LogP contribution in [-0.4, -0.2) is 49.0 Å². The molecule has 0 amide bonds. The lowest BCUT2D eigenvalue weighted by Crippen LogP contribution is -2.50. The van der Waals surface area contributed by atoms with Crippen molar-refractivity contribution in [2.24, 2.45) is 17.8 Å². The Morgan fingerprint density at radius 3 is 2.71 bits per heavy atom. The topological polar surface area (TPSA) is 32.7 Å². The highest BCUT2D eigenvalue weighted by molar-refractivity contribution is 4.92. The Balaban J connectivity index is 1.93. The lowest BCUT2D eigenvalue weighted by Gasteiger charge is -2.42. The Hall–Kier alpha value is -0.120. The van der Waals surface area contributed by atoms with Gasteiger partial charge in [-0.25, -0.2) is 0 Å². The van der Waals surface area contributed by atoms with Gasteiger partial charge in [0, 0.05) is 19.7 Å². The molecule has 0 aromatic rings. The van der Waals surface area contributed by atoms with Crippen molar-refractivity contribution in [1.29, 1.82) is 0 Å². The lowest BCUT2D eigenvalue weighted by atomic mass is 9.77. The fourth-order valence-electron chi connectivity index (χ4n) is 3.91. The smallest absolute Gasteiger partial charge is 0.0700 e. The molecule has 0 aromatic heterocycles. The molecule has 2 aliphatic rings. The average Bonchev–Trinajstić information content (AvgIpc) is 2.65. The maximum Gasteiger partial charge on any atom is 0.0700 e. The number of aliphatic hydroxyl groups is 1. The van der Waals surface area contributed by atoms with E-state index in [2.05, 4.69) is 18.7 Å². The first kappa shape index (κ1) is 13.3. The molecule has 0 radical (unpaired) electrons. The van der Waals surface area contributed by atoms with Crippen molar-refractivity contribution in [1.82, 2.24) is 4.90 Å². The Morgan fingerprint density at radius 1 is 1.29 bits per heavy atom. The van der Waals surface area contributed by atoms with E-state index in [1.54, 1.807) is 7.11 Å². The van der Waals surface area contributed by atoms with Crippen LogP contribution < -0.4 is 0 Å². The summed E-state index contributed by atoms with van der Waals surface area (Å²) >= 11 is 0. The molecular formula is C14H27NO2. The molecular weight excluding hydrogens is 214 g/mol. The summed E-state index contributed by atoms with van der Waals surface area (Å²) in [5.74, 6) is 1.96. The molecule has 5 unspecified atom stereocenters. The third kappa shape index (κ3) is 3.01. The number of rotatable bonds is 3. The van der Waals surface area contributed by atoms with Crippen LogP contribution in [0.5, 0.6) is 0 Å². The number of ether oxygens (including phenoxy) is 1. The van der Waals surface area contributed by atoms with Crippen LogP contribution in [0, 0.1) is 17.8 Å². The second-order valence-electron chi connectivity index (χ2n) is 6.22. The molecule has 0 aromatic carbocycles. The van der Waals surface area contributed by atoms with Crippen LogP contribution in [0.2, 0.25) is 0 Å². The van der Waals surface area contributed by atoms with Crippen LogP contribution in [0.1, 0.15) is 33.1 Å². The predicted molar refractivity (Wildman–Crippen MR) is 68.9 cm³/mol. The molecule has 17 heavy (non-hydrogen) atoms. The highest BCUT2D eigenvalue weighted by Crippen LogP contribution is 2.34. The Morgan fingerprint density at radius 2 is 2.06 bits per heavy atom. The van der Waals surface area contributed by atoms with Gasteiger partial charge in [-0.2, -0.15) is 0 Å². The molecule has 1 saturated heterocycles. The first-order valence-electron chi connectivity index (χ1n) is 7.02. The van der Waals surface area contributed by atoms with Gasteiger partial charge in [0.2, 0.25) is 0 Å². The zero-order valence-electron chi connectivity index (χ0n) is 11.4. The van der Waals surface area contributed by atoms with Crippen molar-refractivity contribution < 1.29 is 9.84 Å². The van der Waals surface area contributed by atoms with E-state index >= 15 is 0 Å². The highest BCUT2D eigenvalue weighted by atomic mass is 16.5. The first-order valence-corrected chi connectivity index (χ1v) is 7.02. The second kappa shape index (κ2) is 5.68. The zero-order valence-corrected chi connectivity index (χ0v) is 11.4. The van der Waals surface area contributed by atoms with Crippen LogP contribution in [0.15, 0.2) is 0 Å². The number of aliphatic hydroxyl groups excluding tert-OH is 1. The van der Waals surface area contributed by atoms with Gasteiger partial charge in [-0.05, 0) is 43.6 Å². The fraction of sp³-hybridized carbons (Fsp3) is 1.00. The molecule has 3 heteroatoms. The van der Waals surface area contributed by atoms with Crippen LogP contribution in [-0.2, 0) is 4.74 Å². The minimum Gasteiger partial charge on any atom is -0.391 e. The van der Waals surface area contributed by atoms with Gasteiger partial charge in [0.25, 0.3) is 0 Å². The summed E-state index contributed by atoms with van der Waals surface area (Å²) in [6.45, 7) is 7.66. The van der Waals surface area contributed by atoms with Crippen LogP contribution in [0.3, 0.4) is 0 Å². The van der Waals surface area contributed by atoms with Crippen LogP contribution in [0.4, 0.5) is 0 Å². The number of methoxy groups -OCH3 is 1. The molecule has 1 aliphatic heterocycles. The summed E-state index contributed by atoms with van der Waals surface area (Å²) in [7, 11) is 1.78. The predicted octanol–water partition coefficient (Wildman–Crippen LogP) is 1.75. The SMILES string of the molecule is COCC1CCN(C2C(C)CC(C)CC2O)C1. The monoisotopic (exact) mass is 241 g/mol. The van der Waals surface area contributed by atoms with E-state index in [-0.39, 0.29) is 6.10 Å². The Bertz CT molecular complexity index is 234. The van der Waals surface area contributed by atoms with E-state index in [0.29, 0.717) is 23.8 Å². The molecule has 1 aliphatic carbocycles. The van der Waals surface area contributed by atoms with Gasteiger partial charge in [-0.3, -0.25) is 4.90 Å². The van der Waals surface area contributed by atoms with Crippen molar-refractivity contribution in [2.75, 3.05) is 26.8 Å². The van der Waals surface area contributed by atoms with E-state index in [1.165, 1.54) is 12.8 Å². The van der Waals surface area contributed by atoms with E-state index in [1.807, 2.05) is 0 Å². The van der Waals surface area contributed by atoms with Gasteiger partial charge in [0.1, 0.15) is 0 Å². The third-order valence-corrected chi connectivity index (χ3v) is 4.54. The van der Waals surface area contributed by atoms with E-state index in [4.69, 9.17) is 4.74 Å². The van der Waals surface area contributed by atoms with Gasteiger partial charge >= 0.3 is 0 Å². The molecule has 100 valence electrons. The molecule has 1 saturated carbocycles. The Kier molecular flexibility index (Phi) is 4.45. The molecule has 1 N–H and O–H groups in total. The number of likely N-dealkylation sites (tertiary alicyclic amines) is 1. The van der Waals surface area contributed by atoms with Gasteiger partial charge in [-0.15, -0.1) is 0 Å². The molecule has 3 nitrogen and oxygen atoms in total. The van der Waals surface area contributed by atoms with Gasteiger partial charge in [0.15, 0.2) is 0 Å². The minimum absolute atomic E-state index is 0.130. The average molecular weight is 241 g/mol. The van der Waals surface area contributed by atoms with E-state index in [0.717, 1.165) is 26.1 Å². The van der Waals surface area contributed by atoms with Crippen molar-refractivity contribution in [3.8, 4) is 0 Å².